The Kier molecular flexibility index (Phi) is 4.08. The molecule has 0 atom stereocenters. The molecule has 1 N–H and O–H groups in total. The summed E-state index contributed by atoms with van der Waals surface area (Å²) in [6.45, 7) is 0. The number of alkyl halides is 2. The molecule has 0 unspecified atom stereocenters. The monoisotopic (exact) mass is 247 g/mol. The highest BCUT2D eigenvalue weighted by atomic mass is 19.3. The van der Waals surface area contributed by atoms with Gasteiger partial charge in [-0.2, -0.15) is 0 Å². The summed E-state index contributed by atoms with van der Waals surface area (Å²) in [5.41, 5.74) is -0.886. The maximum atomic E-state index is 13.2. The van der Waals surface area contributed by atoms with Crippen molar-refractivity contribution < 1.29 is 27.5 Å². The van der Waals surface area contributed by atoms with Crippen molar-refractivity contribution in [2.24, 2.45) is 0 Å². The van der Waals surface area contributed by atoms with Crippen LogP contribution in [0.15, 0.2) is 18.2 Å². The zero-order chi connectivity index (χ0) is 13.0. The van der Waals surface area contributed by atoms with E-state index in [0.29, 0.717) is 6.07 Å². The Labute approximate surface area is 94.4 Å². The van der Waals surface area contributed by atoms with E-state index in [1.54, 1.807) is 0 Å². The molecule has 0 aliphatic carbocycles. The van der Waals surface area contributed by atoms with Gasteiger partial charge < -0.3 is 10.1 Å². The molecule has 0 heterocycles. The third-order valence-corrected chi connectivity index (χ3v) is 1.86. The third kappa shape index (κ3) is 3.20. The van der Waals surface area contributed by atoms with Crippen molar-refractivity contribution in [2.75, 3.05) is 12.4 Å². The molecule has 0 bridgehead atoms. The third-order valence-electron chi connectivity index (χ3n) is 1.86. The predicted molar refractivity (Wildman–Crippen MR) is 52.0 cm³/mol. The Morgan fingerprint density at radius 1 is 1.35 bits per heavy atom. The number of ether oxygens (including phenoxy) is 1. The summed E-state index contributed by atoms with van der Waals surface area (Å²) in [5, 5.41) is 1.89. The van der Waals surface area contributed by atoms with E-state index >= 15 is 0 Å². The number of halogens is 3. The van der Waals surface area contributed by atoms with E-state index in [0.717, 1.165) is 19.2 Å². The van der Waals surface area contributed by atoms with Gasteiger partial charge in [0.25, 0.3) is 6.43 Å². The van der Waals surface area contributed by atoms with Crippen molar-refractivity contribution in [1.82, 2.24) is 0 Å². The molecule has 0 saturated carbocycles. The number of anilines is 1. The molecule has 0 spiro atoms. The van der Waals surface area contributed by atoms with Crippen molar-refractivity contribution in [3.05, 3.63) is 29.6 Å². The molecule has 0 saturated heterocycles. The van der Waals surface area contributed by atoms with Crippen LogP contribution in [0.5, 0.6) is 0 Å². The van der Waals surface area contributed by atoms with E-state index in [1.165, 1.54) is 0 Å². The molecule has 1 aromatic rings. The largest absolute Gasteiger partial charge is 0.462 e. The SMILES string of the molecule is COC(=O)C(=O)Nc1ccc(C(F)F)cc1F. The minimum atomic E-state index is -2.81. The van der Waals surface area contributed by atoms with Crippen LogP contribution in [0, 0.1) is 5.82 Å². The highest BCUT2D eigenvalue weighted by Crippen LogP contribution is 2.23. The van der Waals surface area contributed by atoms with E-state index in [1.807, 2.05) is 5.32 Å². The number of carbonyl (C=O) groups excluding carboxylic acids is 2. The number of methoxy groups -OCH3 is 1. The van der Waals surface area contributed by atoms with Gasteiger partial charge in [0, 0.05) is 5.56 Å². The Bertz CT molecular complexity index is 448. The molecule has 4 nitrogen and oxygen atoms in total. The maximum Gasteiger partial charge on any atom is 0.396 e. The molecule has 1 rings (SSSR count). The number of benzene rings is 1. The minimum absolute atomic E-state index is 0.371. The fraction of sp³-hybridized carbons (Fsp3) is 0.200. The first-order chi connectivity index (χ1) is 7.95. The van der Waals surface area contributed by atoms with Gasteiger partial charge in [0.15, 0.2) is 0 Å². The van der Waals surface area contributed by atoms with Gasteiger partial charge in [0.2, 0.25) is 0 Å². The van der Waals surface area contributed by atoms with Crippen LogP contribution in [0.3, 0.4) is 0 Å². The van der Waals surface area contributed by atoms with Crippen molar-refractivity contribution >= 4 is 17.6 Å². The van der Waals surface area contributed by atoms with Crippen LogP contribution in [0.2, 0.25) is 0 Å². The van der Waals surface area contributed by atoms with Crippen LogP contribution < -0.4 is 5.32 Å². The Morgan fingerprint density at radius 2 is 2.00 bits per heavy atom. The standard InChI is InChI=1S/C10H8F3NO3/c1-17-10(16)9(15)14-7-3-2-5(8(12)13)4-6(7)11/h2-4,8H,1H3,(H,14,15). The van der Waals surface area contributed by atoms with E-state index < -0.39 is 29.7 Å². The molecule has 1 aromatic carbocycles. The van der Waals surface area contributed by atoms with Gasteiger partial charge in [0.1, 0.15) is 5.82 Å². The van der Waals surface area contributed by atoms with Crippen LogP contribution in [-0.2, 0) is 14.3 Å². The van der Waals surface area contributed by atoms with Crippen molar-refractivity contribution in [1.29, 1.82) is 0 Å². The Hall–Kier alpha value is -2.05. The summed E-state index contributed by atoms with van der Waals surface area (Å²) in [4.78, 5) is 21.7. The lowest BCUT2D eigenvalue weighted by Crippen LogP contribution is -2.24. The molecule has 92 valence electrons. The number of rotatable bonds is 2. The summed E-state index contributed by atoms with van der Waals surface area (Å²) in [7, 11) is 0.984. The molecular formula is C10H8F3NO3. The number of nitrogens with one attached hydrogen (secondary N) is 1. The van der Waals surface area contributed by atoms with Crippen LogP contribution in [0.25, 0.3) is 0 Å². The lowest BCUT2D eigenvalue weighted by atomic mass is 10.2. The molecule has 0 aliphatic heterocycles. The topological polar surface area (TPSA) is 55.4 Å². The van der Waals surface area contributed by atoms with Crippen LogP contribution in [-0.4, -0.2) is 19.0 Å². The summed E-state index contributed by atoms with van der Waals surface area (Å²) >= 11 is 0. The lowest BCUT2D eigenvalue weighted by Gasteiger charge is -2.06. The molecule has 17 heavy (non-hydrogen) atoms. The number of hydrogen-bond acceptors (Lipinski definition) is 3. The first-order valence-corrected chi connectivity index (χ1v) is 4.42. The quantitative estimate of drug-likeness (QED) is 0.641. The zero-order valence-corrected chi connectivity index (χ0v) is 8.67. The van der Waals surface area contributed by atoms with Crippen molar-refractivity contribution in [3.63, 3.8) is 0 Å². The van der Waals surface area contributed by atoms with E-state index in [9.17, 15) is 22.8 Å². The molecular weight excluding hydrogens is 239 g/mol. The normalized spacial score (nSPS) is 10.2. The van der Waals surface area contributed by atoms with Crippen molar-refractivity contribution in [3.8, 4) is 0 Å². The fourth-order valence-electron chi connectivity index (χ4n) is 1.03. The second kappa shape index (κ2) is 5.33. The summed E-state index contributed by atoms with van der Waals surface area (Å²) in [6.07, 6.45) is -2.81. The van der Waals surface area contributed by atoms with Gasteiger partial charge in [-0.15, -0.1) is 0 Å². The molecule has 7 heteroatoms. The van der Waals surface area contributed by atoms with E-state index in [2.05, 4.69) is 4.74 Å². The first-order valence-electron chi connectivity index (χ1n) is 4.42. The molecule has 0 aromatic heterocycles. The average molecular weight is 247 g/mol. The second-order valence-corrected chi connectivity index (χ2v) is 2.99. The van der Waals surface area contributed by atoms with E-state index in [4.69, 9.17) is 0 Å². The Morgan fingerprint density at radius 3 is 2.47 bits per heavy atom. The van der Waals surface area contributed by atoms with E-state index in [-0.39, 0.29) is 5.69 Å². The first kappa shape index (κ1) is 13.0. The number of hydrogen-bond donors (Lipinski definition) is 1. The zero-order valence-electron chi connectivity index (χ0n) is 8.67. The van der Waals surface area contributed by atoms with Gasteiger partial charge in [-0.1, -0.05) is 6.07 Å². The number of esters is 1. The summed E-state index contributed by atoms with van der Waals surface area (Å²) < 4.78 is 41.7. The van der Waals surface area contributed by atoms with Gasteiger partial charge in [-0.05, 0) is 12.1 Å². The van der Waals surface area contributed by atoms with Crippen LogP contribution >= 0.6 is 0 Å². The van der Waals surface area contributed by atoms with Crippen LogP contribution in [0.1, 0.15) is 12.0 Å². The predicted octanol–water partition coefficient (Wildman–Crippen LogP) is 1.87. The second-order valence-electron chi connectivity index (χ2n) is 2.99. The lowest BCUT2D eigenvalue weighted by molar-refractivity contribution is -0.150. The van der Waals surface area contributed by atoms with Gasteiger partial charge in [-0.25, -0.2) is 18.0 Å². The molecule has 0 aliphatic rings. The average Bonchev–Trinajstić information content (AvgIpc) is 2.30. The highest BCUT2D eigenvalue weighted by molar-refractivity contribution is 6.37. The Balaban J connectivity index is 2.86. The summed E-state index contributed by atoms with van der Waals surface area (Å²) in [5.74, 6) is -3.45. The number of carbonyl (C=O) groups is 2. The van der Waals surface area contributed by atoms with Crippen LogP contribution in [0.4, 0.5) is 18.9 Å². The highest BCUT2D eigenvalue weighted by Gasteiger charge is 2.17. The van der Waals surface area contributed by atoms with Gasteiger partial charge in [-0.3, -0.25) is 4.79 Å². The maximum absolute atomic E-state index is 13.2. The molecule has 0 radical (unpaired) electrons. The molecule has 0 fully saturated rings. The fourth-order valence-corrected chi connectivity index (χ4v) is 1.03. The van der Waals surface area contributed by atoms with Gasteiger partial charge in [0.05, 0.1) is 12.8 Å². The molecule has 1 amide bonds. The van der Waals surface area contributed by atoms with Crippen molar-refractivity contribution in [2.45, 2.75) is 6.43 Å². The van der Waals surface area contributed by atoms with Gasteiger partial charge >= 0.3 is 11.9 Å². The minimum Gasteiger partial charge on any atom is -0.462 e. The summed E-state index contributed by atoms with van der Waals surface area (Å²) in [6, 6.07) is 2.47. The number of amides is 1. The smallest absolute Gasteiger partial charge is 0.396 e.